The van der Waals surface area contributed by atoms with Crippen molar-refractivity contribution in [2.75, 3.05) is 0 Å². The van der Waals surface area contributed by atoms with Gasteiger partial charge in [0.05, 0.1) is 19.8 Å². The van der Waals surface area contributed by atoms with Gasteiger partial charge in [0.2, 0.25) is 0 Å². The molecule has 2 aromatic carbocycles. The lowest BCUT2D eigenvalue weighted by Gasteiger charge is -2.11. The van der Waals surface area contributed by atoms with Gasteiger partial charge in [-0.05, 0) is 35.3 Å². The number of aliphatic hydroxyl groups is 1. The summed E-state index contributed by atoms with van der Waals surface area (Å²) in [7, 11) is -0.875. The average molecular weight is 281 g/mol. The lowest BCUT2D eigenvalue weighted by molar-refractivity contribution is 0.274. The Bertz CT molecular complexity index is 726. The van der Waals surface area contributed by atoms with E-state index in [0.717, 1.165) is 11.0 Å². The Morgan fingerprint density at radius 1 is 1.29 bits per heavy atom. The highest BCUT2D eigenvalue weighted by atomic mass is 16.5. The molecule has 0 saturated carbocycles. The van der Waals surface area contributed by atoms with Crippen molar-refractivity contribution in [2.24, 2.45) is 0 Å². The van der Waals surface area contributed by atoms with Crippen molar-refractivity contribution in [3.63, 3.8) is 0 Å². The molecular weight excluding hydrogens is 269 g/mol. The van der Waals surface area contributed by atoms with Gasteiger partial charge in [-0.2, -0.15) is 0 Å². The van der Waals surface area contributed by atoms with E-state index < -0.39 is 7.12 Å². The minimum Gasteiger partial charge on any atom is -0.457 e. The third-order valence-corrected chi connectivity index (χ3v) is 3.35. The minimum atomic E-state index is -0.875. The molecule has 2 N–H and O–H groups in total. The van der Waals surface area contributed by atoms with E-state index in [-0.39, 0.29) is 6.61 Å². The second-order valence-corrected chi connectivity index (χ2v) is 4.69. The summed E-state index contributed by atoms with van der Waals surface area (Å²) in [6, 6.07) is 10.2. The molecule has 0 amide bonds. The number of nitrogens with zero attached hydrogens (tertiary/aromatic N) is 1. The van der Waals surface area contributed by atoms with Crippen molar-refractivity contribution >= 4 is 18.3 Å². The molecular formula is C15H12BNO4. The molecule has 1 aliphatic rings. The third-order valence-electron chi connectivity index (χ3n) is 3.35. The highest BCUT2D eigenvalue weighted by molar-refractivity contribution is 6.61. The minimum absolute atomic E-state index is 0.203. The van der Waals surface area contributed by atoms with E-state index >= 15 is 0 Å². The second kappa shape index (κ2) is 5.58. The first kappa shape index (κ1) is 13.6. The van der Waals surface area contributed by atoms with Crippen LogP contribution < -0.4 is 10.2 Å². The van der Waals surface area contributed by atoms with Crippen molar-refractivity contribution in [1.82, 2.24) is 0 Å². The van der Waals surface area contributed by atoms with Crippen LogP contribution in [0.3, 0.4) is 0 Å². The molecule has 3 rings (SSSR count). The molecule has 1 heterocycles. The number of hydrogen-bond donors (Lipinski definition) is 2. The molecule has 104 valence electrons. The van der Waals surface area contributed by atoms with Gasteiger partial charge in [-0.15, -0.1) is 0 Å². The van der Waals surface area contributed by atoms with Crippen molar-refractivity contribution in [3.05, 3.63) is 58.9 Å². The zero-order valence-electron chi connectivity index (χ0n) is 11.1. The lowest BCUT2D eigenvalue weighted by atomic mass is 9.80. The van der Waals surface area contributed by atoms with E-state index in [9.17, 15) is 10.1 Å². The highest BCUT2D eigenvalue weighted by Gasteiger charge is 2.27. The number of benzene rings is 2. The summed E-state index contributed by atoms with van der Waals surface area (Å²) in [4.78, 5) is 3.32. The maximum absolute atomic E-state index is 9.58. The molecule has 1 aliphatic heterocycles. The van der Waals surface area contributed by atoms with Gasteiger partial charge < -0.3 is 19.5 Å². The van der Waals surface area contributed by atoms with Crippen LogP contribution >= 0.6 is 0 Å². The molecule has 0 radical (unpaired) electrons. The molecule has 0 unspecified atom stereocenters. The number of ether oxygens (including phenoxy) is 1. The molecule has 2 aromatic rings. The van der Waals surface area contributed by atoms with E-state index in [1.807, 2.05) is 0 Å². The molecule has 0 fully saturated rings. The topological polar surface area (TPSA) is 63.3 Å². The second-order valence-electron chi connectivity index (χ2n) is 4.69. The molecule has 0 bridgehead atoms. The van der Waals surface area contributed by atoms with Crippen molar-refractivity contribution < 1.29 is 19.5 Å². The molecule has 5 nitrogen and oxygen atoms in total. The van der Waals surface area contributed by atoms with Crippen LogP contribution in [0, 0.1) is 6.57 Å². The monoisotopic (exact) mass is 281 g/mol. The number of fused-ring (bicyclic) bond motifs is 1. The quantitative estimate of drug-likeness (QED) is 0.664. The smallest absolute Gasteiger partial charge is 0.457 e. The van der Waals surface area contributed by atoms with Crippen LogP contribution in [-0.2, 0) is 17.9 Å². The zero-order valence-corrected chi connectivity index (χ0v) is 11.1. The normalized spacial score (nSPS) is 12.9. The van der Waals surface area contributed by atoms with Crippen LogP contribution in [0.15, 0.2) is 36.4 Å². The maximum Gasteiger partial charge on any atom is 0.491 e. The van der Waals surface area contributed by atoms with Crippen molar-refractivity contribution in [2.45, 2.75) is 13.2 Å². The Morgan fingerprint density at radius 3 is 2.90 bits per heavy atom. The molecule has 6 heteroatoms. The fourth-order valence-corrected chi connectivity index (χ4v) is 2.26. The number of hydrogen-bond acceptors (Lipinski definition) is 4. The summed E-state index contributed by atoms with van der Waals surface area (Å²) in [5.41, 5.74) is 2.63. The Labute approximate surface area is 122 Å². The predicted molar refractivity (Wildman–Crippen MR) is 77.5 cm³/mol. The molecule has 0 saturated heterocycles. The molecule has 0 aromatic heterocycles. The van der Waals surface area contributed by atoms with Gasteiger partial charge in [0.25, 0.3) is 0 Å². The predicted octanol–water partition coefficient (Wildman–Crippen LogP) is 1.74. The van der Waals surface area contributed by atoms with Crippen LogP contribution in [0.4, 0.5) is 5.69 Å². The van der Waals surface area contributed by atoms with Crippen LogP contribution in [0.5, 0.6) is 11.5 Å². The summed E-state index contributed by atoms with van der Waals surface area (Å²) >= 11 is 0. The Morgan fingerprint density at radius 2 is 2.14 bits per heavy atom. The number of aliphatic hydroxyl groups excluding tert-OH is 1. The fraction of sp³-hybridized carbons (Fsp3) is 0.133. The summed E-state index contributed by atoms with van der Waals surface area (Å²) < 4.78 is 10.9. The van der Waals surface area contributed by atoms with Gasteiger partial charge in [0.1, 0.15) is 11.5 Å². The SMILES string of the molecule is [C-]#[N+]c1ccc(Oc2ccc3c(c2)COB3O)c(CO)c1. The third kappa shape index (κ3) is 2.62. The van der Waals surface area contributed by atoms with Crippen LogP contribution in [-0.4, -0.2) is 17.2 Å². The van der Waals surface area contributed by atoms with Gasteiger partial charge >= 0.3 is 7.12 Å². The van der Waals surface area contributed by atoms with Gasteiger partial charge in [-0.1, -0.05) is 12.1 Å². The summed E-state index contributed by atoms with van der Waals surface area (Å²) in [6.07, 6.45) is 0. The van der Waals surface area contributed by atoms with Crippen molar-refractivity contribution in [1.29, 1.82) is 0 Å². The lowest BCUT2D eigenvalue weighted by Crippen LogP contribution is -2.27. The number of rotatable bonds is 3. The average Bonchev–Trinajstić information content (AvgIpc) is 2.88. The van der Waals surface area contributed by atoms with E-state index in [1.165, 1.54) is 0 Å². The molecule has 0 spiro atoms. The maximum atomic E-state index is 9.58. The van der Waals surface area contributed by atoms with Gasteiger partial charge in [0.15, 0.2) is 5.69 Å². The summed E-state index contributed by atoms with van der Waals surface area (Å²) in [6.45, 7) is 7.12. The van der Waals surface area contributed by atoms with Gasteiger partial charge in [-0.3, -0.25) is 0 Å². The van der Waals surface area contributed by atoms with Crippen LogP contribution in [0.25, 0.3) is 4.85 Å². The van der Waals surface area contributed by atoms with Gasteiger partial charge in [0, 0.05) is 5.56 Å². The van der Waals surface area contributed by atoms with Gasteiger partial charge in [-0.25, -0.2) is 4.85 Å². The van der Waals surface area contributed by atoms with E-state index in [4.69, 9.17) is 16.0 Å². The molecule has 21 heavy (non-hydrogen) atoms. The molecule has 0 atom stereocenters. The zero-order chi connectivity index (χ0) is 14.8. The van der Waals surface area contributed by atoms with E-state index in [2.05, 4.69) is 4.85 Å². The largest absolute Gasteiger partial charge is 0.491 e. The van der Waals surface area contributed by atoms with E-state index in [1.54, 1.807) is 36.4 Å². The van der Waals surface area contributed by atoms with Crippen LogP contribution in [0.1, 0.15) is 11.1 Å². The molecule has 0 aliphatic carbocycles. The standard InChI is InChI=1S/C15H12BNO4/c1-17-12-2-5-15(10(6-12)8-18)21-13-3-4-14-11(7-13)9-20-16(14)19/h2-7,18-19H,8-9H2. The van der Waals surface area contributed by atoms with Crippen molar-refractivity contribution in [3.8, 4) is 11.5 Å². The summed E-state index contributed by atoms with van der Waals surface area (Å²) in [5.74, 6) is 1.10. The Balaban J connectivity index is 1.89. The van der Waals surface area contributed by atoms with E-state index in [0.29, 0.717) is 29.4 Å². The fourth-order valence-electron chi connectivity index (χ4n) is 2.26. The Kier molecular flexibility index (Phi) is 3.63. The van der Waals surface area contributed by atoms with Crippen LogP contribution in [0.2, 0.25) is 0 Å². The first-order chi connectivity index (χ1) is 10.2. The highest BCUT2D eigenvalue weighted by Crippen LogP contribution is 2.29. The first-order valence-corrected chi connectivity index (χ1v) is 6.43. The Hall–Kier alpha value is -2.33. The summed E-state index contributed by atoms with van der Waals surface area (Å²) in [5, 5.41) is 18.9. The first-order valence-electron chi connectivity index (χ1n) is 6.43.